The topological polar surface area (TPSA) is 30.5 Å². The normalized spacial score (nSPS) is 22.4. The maximum absolute atomic E-state index is 6.07. The van der Waals surface area contributed by atoms with E-state index in [0.717, 1.165) is 28.8 Å². The highest BCUT2D eigenvalue weighted by Crippen LogP contribution is 2.38. The second kappa shape index (κ2) is 6.13. The highest BCUT2D eigenvalue weighted by atomic mass is 79.9. The molecule has 1 fully saturated rings. The Labute approximate surface area is 121 Å². The van der Waals surface area contributed by atoms with Gasteiger partial charge in [-0.1, -0.05) is 11.6 Å². The van der Waals surface area contributed by atoms with Crippen LogP contribution in [0.5, 0.6) is 5.75 Å². The predicted octanol–water partition coefficient (Wildman–Crippen LogP) is 4.09. The van der Waals surface area contributed by atoms with Gasteiger partial charge in [-0.05, 0) is 47.8 Å². The fourth-order valence-corrected chi connectivity index (χ4v) is 2.98. The first kappa shape index (κ1) is 14.0. The summed E-state index contributed by atoms with van der Waals surface area (Å²) in [7, 11) is 1.75. The minimum atomic E-state index is 0.376. The summed E-state index contributed by atoms with van der Waals surface area (Å²) in [5.74, 6) is 0.822. The molecule has 1 aliphatic rings. The Morgan fingerprint density at radius 3 is 2.78 bits per heavy atom. The van der Waals surface area contributed by atoms with Gasteiger partial charge in [0.1, 0.15) is 0 Å². The molecule has 0 aliphatic heterocycles. The van der Waals surface area contributed by atoms with Gasteiger partial charge in [0, 0.05) is 18.2 Å². The zero-order valence-corrected chi connectivity index (χ0v) is 12.8. The van der Waals surface area contributed by atoms with E-state index in [0.29, 0.717) is 23.8 Å². The van der Waals surface area contributed by atoms with Crippen LogP contribution in [0.2, 0.25) is 5.02 Å². The third kappa shape index (κ3) is 3.11. The number of methoxy groups -OCH3 is 1. The van der Waals surface area contributed by atoms with Gasteiger partial charge in [0.05, 0.1) is 22.9 Å². The van der Waals surface area contributed by atoms with Crippen LogP contribution in [0.3, 0.4) is 0 Å². The molecular formula is C13H17BrClNO2. The monoisotopic (exact) mass is 333 g/mol. The number of rotatable bonds is 5. The molecule has 0 unspecified atom stereocenters. The summed E-state index contributed by atoms with van der Waals surface area (Å²) in [6.07, 6.45) is 2.42. The SMILES string of the molecule is CCOc1c(Br)cc(Cl)cc1NC1CC(OC)C1. The van der Waals surface area contributed by atoms with Crippen molar-refractivity contribution in [3.05, 3.63) is 21.6 Å². The molecule has 3 nitrogen and oxygen atoms in total. The van der Waals surface area contributed by atoms with Crippen LogP contribution in [-0.4, -0.2) is 25.9 Å². The average molecular weight is 335 g/mol. The smallest absolute Gasteiger partial charge is 0.156 e. The Bertz CT molecular complexity index is 422. The molecule has 1 aliphatic carbocycles. The van der Waals surface area contributed by atoms with Gasteiger partial charge < -0.3 is 14.8 Å². The Kier molecular flexibility index (Phi) is 4.76. The molecule has 18 heavy (non-hydrogen) atoms. The fraction of sp³-hybridized carbons (Fsp3) is 0.538. The van der Waals surface area contributed by atoms with Crippen LogP contribution in [0.25, 0.3) is 0 Å². The minimum Gasteiger partial charge on any atom is -0.491 e. The van der Waals surface area contributed by atoms with Crippen molar-refractivity contribution < 1.29 is 9.47 Å². The summed E-state index contributed by atoms with van der Waals surface area (Å²) < 4.78 is 11.8. The van der Waals surface area contributed by atoms with Crippen molar-refractivity contribution in [3.8, 4) is 5.75 Å². The van der Waals surface area contributed by atoms with E-state index in [4.69, 9.17) is 21.1 Å². The van der Waals surface area contributed by atoms with Crippen LogP contribution >= 0.6 is 27.5 Å². The van der Waals surface area contributed by atoms with Crippen molar-refractivity contribution in [2.45, 2.75) is 31.9 Å². The Morgan fingerprint density at radius 1 is 1.44 bits per heavy atom. The molecule has 0 radical (unpaired) electrons. The van der Waals surface area contributed by atoms with Crippen molar-refractivity contribution in [1.82, 2.24) is 0 Å². The van der Waals surface area contributed by atoms with Crippen LogP contribution < -0.4 is 10.1 Å². The molecule has 0 amide bonds. The quantitative estimate of drug-likeness (QED) is 0.879. The van der Waals surface area contributed by atoms with Crippen molar-refractivity contribution in [3.63, 3.8) is 0 Å². The van der Waals surface area contributed by atoms with Gasteiger partial charge in [0.25, 0.3) is 0 Å². The molecule has 0 heterocycles. The second-order valence-electron chi connectivity index (χ2n) is 4.37. The van der Waals surface area contributed by atoms with Gasteiger partial charge in [-0.3, -0.25) is 0 Å². The van der Waals surface area contributed by atoms with E-state index in [2.05, 4.69) is 21.2 Å². The van der Waals surface area contributed by atoms with E-state index in [-0.39, 0.29) is 0 Å². The summed E-state index contributed by atoms with van der Waals surface area (Å²) >= 11 is 9.55. The molecule has 5 heteroatoms. The molecule has 0 atom stereocenters. The third-order valence-electron chi connectivity index (χ3n) is 3.08. The fourth-order valence-electron chi connectivity index (χ4n) is 2.05. The molecular weight excluding hydrogens is 318 g/mol. The summed E-state index contributed by atoms with van der Waals surface area (Å²) in [4.78, 5) is 0. The highest BCUT2D eigenvalue weighted by molar-refractivity contribution is 9.10. The molecule has 0 bridgehead atoms. The van der Waals surface area contributed by atoms with Crippen LogP contribution in [0.1, 0.15) is 19.8 Å². The van der Waals surface area contributed by atoms with E-state index in [9.17, 15) is 0 Å². The zero-order chi connectivity index (χ0) is 13.1. The summed E-state index contributed by atoms with van der Waals surface area (Å²) in [5, 5.41) is 4.15. The van der Waals surface area contributed by atoms with E-state index in [1.165, 1.54) is 0 Å². The molecule has 1 N–H and O–H groups in total. The number of nitrogens with one attached hydrogen (secondary N) is 1. The van der Waals surface area contributed by atoms with E-state index in [1.54, 1.807) is 7.11 Å². The lowest BCUT2D eigenvalue weighted by Gasteiger charge is -2.35. The van der Waals surface area contributed by atoms with Gasteiger partial charge in [0.2, 0.25) is 0 Å². The van der Waals surface area contributed by atoms with Crippen LogP contribution in [0.4, 0.5) is 5.69 Å². The van der Waals surface area contributed by atoms with Crippen molar-refractivity contribution in [2.24, 2.45) is 0 Å². The minimum absolute atomic E-state index is 0.376. The van der Waals surface area contributed by atoms with Crippen molar-refractivity contribution >= 4 is 33.2 Å². The first-order chi connectivity index (χ1) is 8.63. The molecule has 2 rings (SSSR count). The summed E-state index contributed by atoms with van der Waals surface area (Å²) in [5.41, 5.74) is 0.941. The van der Waals surface area contributed by atoms with Crippen LogP contribution in [0, 0.1) is 0 Å². The molecule has 0 aromatic heterocycles. The lowest BCUT2D eigenvalue weighted by molar-refractivity contribution is 0.0328. The van der Waals surface area contributed by atoms with E-state index >= 15 is 0 Å². The Hall–Kier alpha value is -0.450. The van der Waals surface area contributed by atoms with Crippen LogP contribution in [-0.2, 0) is 4.74 Å². The number of ether oxygens (including phenoxy) is 2. The van der Waals surface area contributed by atoms with Gasteiger partial charge in [-0.15, -0.1) is 0 Å². The molecule has 0 spiro atoms. The van der Waals surface area contributed by atoms with Crippen LogP contribution in [0.15, 0.2) is 16.6 Å². The number of hydrogen-bond donors (Lipinski definition) is 1. The number of halogens is 2. The van der Waals surface area contributed by atoms with Gasteiger partial charge >= 0.3 is 0 Å². The summed E-state index contributed by atoms with van der Waals surface area (Å²) in [6, 6.07) is 4.17. The number of hydrogen-bond acceptors (Lipinski definition) is 3. The molecule has 0 saturated heterocycles. The Morgan fingerprint density at radius 2 is 2.17 bits per heavy atom. The highest BCUT2D eigenvalue weighted by Gasteiger charge is 2.29. The first-order valence-corrected chi connectivity index (χ1v) is 7.22. The molecule has 1 aromatic carbocycles. The van der Waals surface area contributed by atoms with Gasteiger partial charge in [-0.2, -0.15) is 0 Å². The lowest BCUT2D eigenvalue weighted by atomic mass is 9.89. The predicted molar refractivity (Wildman–Crippen MR) is 77.8 cm³/mol. The average Bonchev–Trinajstić information content (AvgIpc) is 2.27. The maximum Gasteiger partial charge on any atom is 0.156 e. The first-order valence-electron chi connectivity index (χ1n) is 6.05. The van der Waals surface area contributed by atoms with E-state index in [1.807, 2.05) is 19.1 Å². The summed E-state index contributed by atoms with van der Waals surface area (Å²) in [6.45, 7) is 2.59. The third-order valence-corrected chi connectivity index (χ3v) is 3.89. The second-order valence-corrected chi connectivity index (χ2v) is 5.66. The molecule has 1 aromatic rings. The van der Waals surface area contributed by atoms with Crippen molar-refractivity contribution in [1.29, 1.82) is 0 Å². The maximum atomic E-state index is 6.07. The number of benzene rings is 1. The number of anilines is 1. The Balaban J connectivity index is 2.11. The lowest BCUT2D eigenvalue weighted by Crippen LogP contribution is -2.40. The van der Waals surface area contributed by atoms with Crippen molar-refractivity contribution in [2.75, 3.05) is 19.0 Å². The molecule has 100 valence electrons. The zero-order valence-electron chi connectivity index (χ0n) is 10.5. The molecule has 1 saturated carbocycles. The van der Waals surface area contributed by atoms with Gasteiger partial charge in [-0.25, -0.2) is 0 Å². The van der Waals surface area contributed by atoms with E-state index < -0.39 is 0 Å². The van der Waals surface area contributed by atoms with Gasteiger partial charge in [0.15, 0.2) is 5.75 Å². The largest absolute Gasteiger partial charge is 0.491 e. The standard InChI is InChI=1S/C13H17BrClNO2/c1-3-18-13-11(14)4-8(15)5-12(13)16-9-6-10(7-9)17-2/h4-5,9-10,16H,3,6-7H2,1-2H3.